The van der Waals surface area contributed by atoms with E-state index in [4.69, 9.17) is 11.6 Å². The second kappa shape index (κ2) is 4.51. The van der Waals surface area contributed by atoms with Gasteiger partial charge in [0.15, 0.2) is 11.0 Å². The van der Waals surface area contributed by atoms with Crippen LogP contribution in [0.1, 0.15) is 31.3 Å². The second-order valence-corrected chi connectivity index (χ2v) is 3.29. The Hall–Kier alpha value is -0.700. The van der Waals surface area contributed by atoms with E-state index >= 15 is 0 Å². The zero-order valence-corrected chi connectivity index (χ0v) is 8.53. The fraction of sp³-hybridized carbons (Fsp3) is 0.556. The number of halogens is 2. The third-order valence-corrected chi connectivity index (χ3v) is 2.03. The Balaban J connectivity index is 2.86. The van der Waals surface area contributed by atoms with E-state index in [1.54, 1.807) is 6.92 Å². The summed E-state index contributed by atoms with van der Waals surface area (Å²) in [5.74, 6) is 0.118. The van der Waals surface area contributed by atoms with E-state index in [0.717, 1.165) is 19.3 Å². The highest BCUT2D eigenvalue weighted by molar-refractivity contribution is 6.29. The van der Waals surface area contributed by atoms with Crippen LogP contribution in [-0.2, 0) is 6.42 Å². The van der Waals surface area contributed by atoms with Crippen LogP contribution in [0.15, 0.2) is 0 Å². The topological polar surface area (TPSA) is 25.8 Å². The van der Waals surface area contributed by atoms with Gasteiger partial charge in [0.25, 0.3) is 0 Å². The summed E-state index contributed by atoms with van der Waals surface area (Å²) in [5.41, 5.74) is 0.325. The van der Waals surface area contributed by atoms with Crippen molar-refractivity contribution in [2.45, 2.75) is 33.1 Å². The van der Waals surface area contributed by atoms with Crippen LogP contribution in [0.3, 0.4) is 0 Å². The van der Waals surface area contributed by atoms with E-state index in [1.165, 1.54) is 0 Å². The molecule has 2 nitrogen and oxygen atoms in total. The Morgan fingerprint density at radius 2 is 2.08 bits per heavy atom. The van der Waals surface area contributed by atoms with Crippen LogP contribution in [0, 0.1) is 12.7 Å². The van der Waals surface area contributed by atoms with Crippen molar-refractivity contribution in [3.8, 4) is 0 Å². The average molecular weight is 203 g/mol. The summed E-state index contributed by atoms with van der Waals surface area (Å²) in [6.45, 7) is 3.68. The van der Waals surface area contributed by atoms with E-state index in [9.17, 15) is 4.39 Å². The molecular weight excluding hydrogens is 191 g/mol. The van der Waals surface area contributed by atoms with Crippen LogP contribution in [0.4, 0.5) is 4.39 Å². The molecule has 0 aromatic carbocycles. The van der Waals surface area contributed by atoms with Crippen molar-refractivity contribution < 1.29 is 4.39 Å². The maximum Gasteiger partial charge on any atom is 0.181 e. The summed E-state index contributed by atoms with van der Waals surface area (Å²) in [6.07, 6.45) is 2.83. The fourth-order valence-electron chi connectivity index (χ4n) is 1.03. The van der Waals surface area contributed by atoms with E-state index < -0.39 is 5.82 Å². The second-order valence-electron chi connectivity index (χ2n) is 2.93. The largest absolute Gasteiger partial charge is 0.235 e. The molecule has 0 N–H and O–H groups in total. The molecule has 72 valence electrons. The SMILES string of the molecule is CCCCc1nc(C)c(F)c(Cl)n1. The minimum absolute atomic E-state index is 0.0707. The molecule has 0 radical (unpaired) electrons. The molecule has 4 heteroatoms. The van der Waals surface area contributed by atoms with Crippen molar-refractivity contribution in [1.29, 1.82) is 0 Å². The van der Waals surface area contributed by atoms with Crippen LogP contribution in [-0.4, -0.2) is 9.97 Å². The van der Waals surface area contributed by atoms with Gasteiger partial charge in [-0.2, -0.15) is 0 Å². The van der Waals surface area contributed by atoms with Gasteiger partial charge in [0.2, 0.25) is 0 Å². The Kier molecular flexibility index (Phi) is 3.60. The Bertz CT molecular complexity index is 279. The van der Waals surface area contributed by atoms with Crippen molar-refractivity contribution in [2.75, 3.05) is 0 Å². The van der Waals surface area contributed by atoms with Gasteiger partial charge in [0, 0.05) is 6.42 Å². The number of unbranched alkanes of at least 4 members (excludes halogenated alkanes) is 1. The molecule has 0 unspecified atom stereocenters. The van der Waals surface area contributed by atoms with Gasteiger partial charge in [-0.05, 0) is 13.3 Å². The molecule has 1 aromatic rings. The first-order chi connectivity index (χ1) is 6.15. The summed E-state index contributed by atoms with van der Waals surface area (Å²) < 4.78 is 13.0. The lowest BCUT2D eigenvalue weighted by Crippen LogP contribution is -2.01. The summed E-state index contributed by atoms with van der Waals surface area (Å²) in [5, 5.41) is -0.0707. The van der Waals surface area contributed by atoms with E-state index in [1.807, 2.05) is 0 Å². The lowest BCUT2D eigenvalue weighted by atomic mass is 10.2. The molecule has 0 saturated heterocycles. The van der Waals surface area contributed by atoms with Crippen molar-refractivity contribution in [1.82, 2.24) is 9.97 Å². The number of aryl methyl sites for hydroxylation is 2. The molecule has 13 heavy (non-hydrogen) atoms. The molecule has 0 fully saturated rings. The van der Waals surface area contributed by atoms with Gasteiger partial charge in [-0.15, -0.1) is 0 Å². The lowest BCUT2D eigenvalue weighted by molar-refractivity contribution is 0.593. The fourth-order valence-corrected chi connectivity index (χ4v) is 1.26. The molecule has 0 saturated carbocycles. The average Bonchev–Trinajstić information content (AvgIpc) is 2.10. The maximum absolute atomic E-state index is 13.0. The van der Waals surface area contributed by atoms with E-state index in [0.29, 0.717) is 11.5 Å². The smallest absolute Gasteiger partial charge is 0.181 e. The minimum Gasteiger partial charge on any atom is -0.235 e. The van der Waals surface area contributed by atoms with Gasteiger partial charge < -0.3 is 0 Å². The third-order valence-electron chi connectivity index (χ3n) is 1.78. The highest BCUT2D eigenvalue weighted by Gasteiger charge is 2.08. The zero-order chi connectivity index (χ0) is 9.84. The summed E-state index contributed by atoms with van der Waals surface area (Å²) in [6, 6.07) is 0. The molecule has 1 rings (SSSR count). The summed E-state index contributed by atoms with van der Waals surface area (Å²) in [7, 11) is 0. The summed E-state index contributed by atoms with van der Waals surface area (Å²) >= 11 is 5.57. The zero-order valence-electron chi connectivity index (χ0n) is 7.77. The first kappa shape index (κ1) is 10.4. The summed E-state index contributed by atoms with van der Waals surface area (Å²) in [4.78, 5) is 7.85. The van der Waals surface area contributed by atoms with Gasteiger partial charge in [-0.25, -0.2) is 14.4 Å². The lowest BCUT2D eigenvalue weighted by Gasteiger charge is -2.02. The Labute approximate surface area is 82.2 Å². The van der Waals surface area contributed by atoms with Crippen molar-refractivity contribution in [2.24, 2.45) is 0 Å². The van der Waals surface area contributed by atoms with Gasteiger partial charge in [-0.3, -0.25) is 0 Å². The minimum atomic E-state index is -0.512. The first-order valence-electron chi connectivity index (χ1n) is 4.33. The highest BCUT2D eigenvalue weighted by Crippen LogP contribution is 2.14. The van der Waals surface area contributed by atoms with Gasteiger partial charge >= 0.3 is 0 Å². The number of hydrogen-bond acceptors (Lipinski definition) is 2. The first-order valence-corrected chi connectivity index (χ1v) is 4.71. The van der Waals surface area contributed by atoms with Crippen LogP contribution in [0.5, 0.6) is 0 Å². The quantitative estimate of drug-likeness (QED) is 0.705. The van der Waals surface area contributed by atoms with Crippen LogP contribution >= 0.6 is 11.6 Å². The number of nitrogens with zero attached hydrogens (tertiary/aromatic N) is 2. The normalized spacial score (nSPS) is 10.5. The molecule has 0 amide bonds. The molecule has 1 aromatic heterocycles. The van der Waals surface area contributed by atoms with Crippen LogP contribution in [0.2, 0.25) is 5.15 Å². The molecule has 1 heterocycles. The third kappa shape index (κ3) is 2.62. The number of hydrogen-bond donors (Lipinski definition) is 0. The van der Waals surface area contributed by atoms with Crippen LogP contribution in [0.25, 0.3) is 0 Å². The molecule has 0 atom stereocenters. The molecule has 0 bridgehead atoms. The van der Waals surface area contributed by atoms with Crippen molar-refractivity contribution in [3.05, 3.63) is 22.5 Å². The molecular formula is C9H12ClFN2. The number of rotatable bonds is 3. The molecule has 0 spiro atoms. The Morgan fingerprint density at radius 1 is 1.38 bits per heavy atom. The number of aromatic nitrogens is 2. The van der Waals surface area contributed by atoms with E-state index in [2.05, 4.69) is 16.9 Å². The molecule has 0 aliphatic heterocycles. The van der Waals surface area contributed by atoms with Crippen LogP contribution < -0.4 is 0 Å². The highest BCUT2D eigenvalue weighted by atomic mass is 35.5. The van der Waals surface area contributed by atoms with Crippen molar-refractivity contribution >= 4 is 11.6 Å². The van der Waals surface area contributed by atoms with Gasteiger partial charge in [0.05, 0.1) is 5.69 Å². The Morgan fingerprint density at radius 3 is 2.62 bits per heavy atom. The predicted octanol–water partition coefficient (Wildman–Crippen LogP) is 2.92. The standard InChI is InChI=1S/C9H12ClFN2/c1-3-4-5-7-12-6(2)8(11)9(10)13-7/h3-5H2,1-2H3. The van der Waals surface area contributed by atoms with Gasteiger partial charge in [-0.1, -0.05) is 24.9 Å². The predicted molar refractivity (Wildman–Crippen MR) is 50.3 cm³/mol. The van der Waals surface area contributed by atoms with Crippen molar-refractivity contribution in [3.63, 3.8) is 0 Å². The monoisotopic (exact) mass is 202 g/mol. The molecule has 0 aliphatic carbocycles. The van der Waals surface area contributed by atoms with Gasteiger partial charge in [0.1, 0.15) is 5.82 Å². The van der Waals surface area contributed by atoms with E-state index in [-0.39, 0.29) is 5.15 Å². The maximum atomic E-state index is 13.0. The molecule has 0 aliphatic rings.